The molecule has 0 spiro atoms. The second-order valence-corrected chi connectivity index (χ2v) is 5.77. The number of rotatable bonds is 4. The van der Waals surface area contributed by atoms with Crippen LogP contribution in [0, 0.1) is 13.8 Å². The molecule has 2 aromatic rings. The van der Waals surface area contributed by atoms with Crippen molar-refractivity contribution in [2.45, 2.75) is 20.0 Å². The third kappa shape index (κ3) is 4.14. The molecular weight excluding hydrogens is 332 g/mol. The first kappa shape index (κ1) is 15.7. The van der Waals surface area contributed by atoms with Crippen molar-refractivity contribution in [2.24, 2.45) is 5.73 Å². The first-order valence-electron chi connectivity index (χ1n) is 6.52. The van der Waals surface area contributed by atoms with Crippen molar-refractivity contribution in [3.63, 3.8) is 0 Å². The minimum Gasteiger partial charge on any atom is -0.365 e. The largest absolute Gasteiger partial charge is 0.365 e. The molecule has 2 rings (SSSR count). The molecule has 0 aliphatic rings. The van der Waals surface area contributed by atoms with Gasteiger partial charge >= 0.3 is 5.97 Å². The van der Waals surface area contributed by atoms with Crippen molar-refractivity contribution < 1.29 is 9.63 Å². The van der Waals surface area contributed by atoms with E-state index in [1.54, 1.807) is 6.07 Å². The van der Waals surface area contributed by atoms with Gasteiger partial charge in [-0.15, -0.1) is 5.48 Å². The Kier molecular flexibility index (Phi) is 5.12. The molecule has 110 valence electrons. The SMILES string of the molecule is Cc1ccc(C)c(C(=O)ONC(N)c2ccc(Br)cc2)c1. The van der Waals surface area contributed by atoms with E-state index in [1.807, 2.05) is 50.2 Å². The predicted octanol–water partition coefficient (Wildman–Crippen LogP) is 3.38. The van der Waals surface area contributed by atoms with Crippen molar-refractivity contribution in [1.82, 2.24) is 5.48 Å². The Labute approximate surface area is 132 Å². The quantitative estimate of drug-likeness (QED) is 0.656. The number of hydroxylamine groups is 1. The van der Waals surface area contributed by atoms with Gasteiger partial charge in [0.25, 0.3) is 0 Å². The van der Waals surface area contributed by atoms with E-state index >= 15 is 0 Å². The zero-order valence-corrected chi connectivity index (χ0v) is 13.5. The van der Waals surface area contributed by atoms with E-state index in [2.05, 4.69) is 21.4 Å². The van der Waals surface area contributed by atoms with Crippen LogP contribution < -0.4 is 11.2 Å². The molecule has 0 aliphatic carbocycles. The lowest BCUT2D eigenvalue weighted by molar-refractivity contribution is 0.0156. The maximum Gasteiger partial charge on any atom is 0.357 e. The van der Waals surface area contributed by atoms with E-state index in [-0.39, 0.29) is 0 Å². The van der Waals surface area contributed by atoms with Crippen LogP contribution in [0.25, 0.3) is 0 Å². The first-order valence-corrected chi connectivity index (χ1v) is 7.31. The number of nitrogens with one attached hydrogen (secondary N) is 1. The topological polar surface area (TPSA) is 64.3 Å². The third-order valence-electron chi connectivity index (χ3n) is 3.12. The fraction of sp³-hybridized carbons (Fsp3) is 0.188. The Hall–Kier alpha value is -1.69. The molecule has 3 N–H and O–H groups in total. The highest BCUT2D eigenvalue weighted by atomic mass is 79.9. The van der Waals surface area contributed by atoms with Gasteiger partial charge in [0, 0.05) is 4.47 Å². The summed E-state index contributed by atoms with van der Waals surface area (Å²) in [5, 5.41) is 0. The minimum atomic E-state index is -0.577. The Balaban J connectivity index is 2.00. The van der Waals surface area contributed by atoms with Crippen LogP contribution in [0.4, 0.5) is 0 Å². The van der Waals surface area contributed by atoms with E-state index < -0.39 is 12.1 Å². The van der Waals surface area contributed by atoms with Gasteiger partial charge in [-0.1, -0.05) is 45.8 Å². The van der Waals surface area contributed by atoms with Crippen molar-refractivity contribution >= 4 is 21.9 Å². The van der Waals surface area contributed by atoms with Gasteiger partial charge in [0.2, 0.25) is 0 Å². The number of carbonyl (C=O) groups is 1. The van der Waals surface area contributed by atoms with Gasteiger partial charge in [0.05, 0.1) is 5.56 Å². The summed E-state index contributed by atoms with van der Waals surface area (Å²) in [6.45, 7) is 3.79. The summed E-state index contributed by atoms with van der Waals surface area (Å²) in [7, 11) is 0. The number of aryl methyl sites for hydroxylation is 2. The molecule has 0 saturated heterocycles. The molecule has 0 aromatic heterocycles. The third-order valence-corrected chi connectivity index (χ3v) is 3.65. The van der Waals surface area contributed by atoms with Crippen LogP contribution in [0.3, 0.4) is 0 Å². The van der Waals surface area contributed by atoms with Gasteiger partial charge in [-0.25, -0.2) is 4.79 Å². The molecule has 0 saturated carbocycles. The van der Waals surface area contributed by atoms with Gasteiger partial charge in [-0.05, 0) is 43.2 Å². The van der Waals surface area contributed by atoms with Crippen LogP contribution in [0.1, 0.15) is 33.2 Å². The summed E-state index contributed by atoms with van der Waals surface area (Å²) in [6, 6.07) is 13.1. The normalized spacial score (nSPS) is 12.0. The molecule has 4 nitrogen and oxygen atoms in total. The van der Waals surface area contributed by atoms with E-state index in [0.717, 1.165) is 21.2 Å². The average Bonchev–Trinajstić information content (AvgIpc) is 2.47. The van der Waals surface area contributed by atoms with Gasteiger partial charge in [-0.3, -0.25) is 0 Å². The molecule has 0 fully saturated rings. The van der Waals surface area contributed by atoms with E-state index in [1.165, 1.54) is 0 Å². The summed E-state index contributed by atoms with van der Waals surface area (Å²) >= 11 is 3.36. The summed E-state index contributed by atoms with van der Waals surface area (Å²) in [5.41, 5.74) is 11.7. The van der Waals surface area contributed by atoms with Crippen molar-refractivity contribution in [2.75, 3.05) is 0 Å². The summed E-state index contributed by atoms with van der Waals surface area (Å²) in [6.07, 6.45) is -0.577. The molecule has 0 aliphatic heterocycles. The predicted molar refractivity (Wildman–Crippen MR) is 85.5 cm³/mol. The molecular formula is C16H17BrN2O2. The highest BCUT2D eigenvalue weighted by Gasteiger charge is 2.13. The number of hydrogen-bond donors (Lipinski definition) is 2. The molecule has 0 amide bonds. The smallest absolute Gasteiger partial charge is 0.357 e. The monoisotopic (exact) mass is 348 g/mol. The molecule has 1 atom stereocenters. The Morgan fingerprint density at radius 3 is 2.52 bits per heavy atom. The van der Waals surface area contributed by atoms with Crippen LogP contribution in [-0.4, -0.2) is 5.97 Å². The number of hydrogen-bond acceptors (Lipinski definition) is 4. The van der Waals surface area contributed by atoms with Crippen LogP contribution in [0.15, 0.2) is 46.9 Å². The number of halogens is 1. The molecule has 0 heterocycles. The lowest BCUT2D eigenvalue weighted by atomic mass is 10.1. The van der Waals surface area contributed by atoms with Crippen LogP contribution >= 0.6 is 15.9 Å². The second-order valence-electron chi connectivity index (χ2n) is 4.85. The molecule has 0 bridgehead atoms. The fourth-order valence-electron chi connectivity index (χ4n) is 1.87. The second kappa shape index (κ2) is 6.85. The van der Waals surface area contributed by atoms with Gasteiger partial charge in [-0.2, -0.15) is 0 Å². The first-order chi connectivity index (χ1) is 9.97. The maximum absolute atomic E-state index is 12.1. The molecule has 21 heavy (non-hydrogen) atoms. The highest BCUT2D eigenvalue weighted by molar-refractivity contribution is 9.10. The lowest BCUT2D eigenvalue weighted by Crippen LogP contribution is -2.31. The zero-order chi connectivity index (χ0) is 15.4. The van der Waals surface area contributed by atoms with E-state index in [4.69, 9.17) is 10.6 Å². The molecule has 1 unspecified atom stereocenters. The van der Waals surface area contributed by atoms with E-state index in [0.29, 0.717) is 5.56 Å². The van der Waals surface area contributed by atoms with Gasteiger partial charge in [0.1, 0.15) is 6.17 Å². The van der Waals surface area contributed by atoms with Gasteiger partial charge in [0.15, 0.2) is 0 Å². The average molecular weight is 349 g/mol. The van der Waals surface area contributed by atoms with Crippen molar-refractivity contribution in [1.29, 1.82) is 0 Å². The van der Waals surface area contributed by atoms with Gasteiger partial charge < -0.3 is 10.6 Å². The Morgan fingerprint density at radius 2 is 1.86 bits per heavy atom. The van der Waals surface area contributed by atoms with E-state index in [9.17, 15) is 4.79 Å². The molecule has 2 aromatic carbocycles. The highest BCUT2D eigenvalue weighted by Crippen LogP contribution is 2.15. The standard InChI is InChI=1S/C16H17BrN2O2/c1-10-3-4-11(2)14(9-10)16(20)21-19-15(18)12-5-7-13(17)8-6-12/h3-9,15,19H,18H2,1-2H3. The summed E-state index contributed by atoms with van der Waals surface area (Å²) in [5.74, 6) is -0.441. The number of carbonyl (C=O) groups excluding carboxylic acids is 1. The number of benzene rings is 2. The molecule has 0 radical (unpaired) electrons. The summed E-state index contributed by atoms with van der Waals surface area (Å²) < 4.78 is 0.964. The zero-order valence-electron chi connectivity index (χ0n) is 11.9. The molecule has 5 heteroatoms. The van der Waals surface area contributed by atoms with Crippen LogP contribution in [0.2, 0.25) is 0 Å². The lowest BCUT2D eigenvalue weighted by Gasteiger charge is -2.14. The van der Waals surface area contributed by atoms with Crippen LogP contribution in [0.5, 0.6) is 0 Å². The van der Waals surface area contributed by atoms with Crippen LogP contribution in [-0.2, 0) is 4.84 Å². The fourth-order valence-corrected chi connectivity index (χ4v) is 2.13. The van der Waals surface area contributed by atoms with Crippen molar-refractivity contribution in [3.8, 4) is 0 Å². The Morgan fingerprint density at radius 1 is 1.19 bits per heavy atom. The van der Waals surface area contributed by atoms with Crippen molar-refractivity contribution in [3.05, 3.63) is 69.2 Å². The number of nitrogens with two attached hydrogens (primary N) is 1. The maximum atomic E-state index is 12.1. The summed E-state index contributed by atoms with van der Waals surface area (Å²) in [4.78, 5) is 17.1. The Bertz CT molecular complexity index is 641. The minimum absolute atomic E-state index is 0.441.